The highest BCUT2D eigenvalue weighted by molar-refractivity contribution is 7.84. The molecule has 0 aliphatic carbocycles. The summed E-state index contributed by atoms with van der Waals surface area (Å²) >= 11 is 0. The quantitative estimate of drug-likeness (QED) is 0.789. The first-order valence-corrected chi connectivity index (χ1v) is 7.04. The monoisotopic (exact) mass is 283 g/mol. The van der Waals surface area contributed by atoms with E-state index in [9.17, 15) is 8.42 Å². The van der Waals surface area contributed by atoms with Crippen molar-refractivity contribution in [3.63, 3.8) is 0 Å². The van der Waals surface area contributed by atoms with Gasteiger partial charge in [-0.3, -0.25) is 4.18 Å². The van der Waals surface area contributed by atoms with Crippen molar-refractivity contribution in [2.75, 3.05) is 6.61 Å². The second-order valence-corrected chi connectivity index (χ2v) is 5.08. The molecule has 0 aliphatic heterocycles. The normalized spacial score (nSPS) is 11.6. The van der Waals surface area contributed by atoms with Crippen molar-refractivity contribution in [1.29, 1.82) is 0 Å². The third-order valence-electron chi connectivity index (χ3n) is 2.42. The van der Waals surface area contributed by atoms with E-state index in [1.54, 1.807) is 0 Å². The molecule has 7 nitrogen and oxygen atoms in total. The lowest BCUT2D eigenvalue weighted by molar-refractivity contribution is 0.313. The molecule has 2 aromatic rings. The van der Waals surface area contributed by atoms with Crippen LogP contribution in [0.1, 0.15) is 12.0 Å². The van der Waals surface area contributed by atoms with Gasteiger partial charge in [0.1, 0.15) is 0 Å². The Labute approximate surface area is 110 Å². The Hall–Kier alpha value is -1.77. The molecule has 0 amide bonds. The molecule has 0 aliphatic rings. The van der Waals surface area contributed by atoms with Gasteiger partial charge in [0.25, 0.3) is 0 Å². The van der Waals surface area contributed by atoms with Crippen molar-refractivity contribution < 1.29 is 17.0 Å². The summed E-state index contributed by atoms with van der Waals surface area (Å²) in [4.78, 5) is 0. The number of nitrogens with two attached hydrogens (primary N) is 1. The van der Waals surface area contributed by atoms with Crippen LogP contribution in [-0.2, 0) is 20.9 Å². The summed E-state index contributed by atoms with van der Waals surface area (Å²) in [5.74, 6) is 0.462. The Kier molecular flexibility index (Phi) is 4.25. The minimum Gasteiger partial charge on any atom is -0.423 e. The van der Waals surface area contributed by atoms with Gasteiger partial charge in [-0.2, -0.15) is 8.42 Å². The van der Waals surface area contributed by atoms with Gasteiger partial charge in [-0.1, -0.05) is 12.1 Å². The minimum absolute atomic E-state index is 0.0737. The van der Waals surface area contributed by atoms with Gasteiger partial charge in [-0.05, 0) is 30.5 Å². The maximum atomic E-state index is 10.6. The molecule has 2 rings (SSSR count). The zero-order valence-corrected chi connectivity index (χ0v) is 10.8. The van der Waals surface area contributed by atoms with E-state index in [4.69, 9.17) is 9.56 Å². The number of nitrogens with zero attached hydrogens (tertiary/aromatic N) is 2. The van der Waals surface area contributed by atoms with E-state index in [0.717, 1.165) is 11.1 Å². The molecular weight excluding hydrogens is 270 g/mol. The summed E-state index contributed by atoms with van der Waals surface area (Å²) in [6.45, 7) is 0.0737. The smallest absolute Gasteiger partial charge is 0.333 e. The molecule has 1 aromatic heterocycles. The lowest BCUT2D eigenvalue weighted by Gasteiger charge is -2.02. The first-order valence-electron chi connectivity index (χ1n) is 5.57. The molecule has 0 fully saturated rings. The molecule has 0 saturated heterocycles. The average Bonchev–Trinajstić information content (AvgIpc) is 2.88. The van der Waals surface area contributed by atoms with E-state index in [2.05, 4.69) is 14.4 Å². The number of hydrogen-bond acceptors (Lipinski definition) is 6. The lowest BCUT2D eigenvalue weighted by Crippen LogP contribution is -2.16. The van der Waals surface area contributed by atoms with Crippen LogP contribution < -0.4 is 5.14 Å². The number of rotatable bonds is 6. The van der Waals surface area contributed by atoms with Crippen molar-refractivity contribution in [3.8, 4) is 11.5 Å². The van der Waals surface area contributed by atoms with E-state index in [0.29, 0.717) is 18.7 Å². The highest BCUT2D eigenvalue weighted by Crippen LogP contribution is 2.17. The van der Waals surface area contributed by atoms with Crippen molar-refractivity contribution in [1.82, 2.24) is 10.2 Å². The maximum Gasteiger partial charge on any atom is 0.333 e. The molecule has 1 aromatic carbocycles. The second kappa shape index (κ2) is 5.91. The molecular formula is C11H13N3O4S. The molecule has 0 saturated carbocycles. The maximum absolute atomic E-state index is 10.6. The van der Waals surface area contributed by atoms with Gasteiger partial charge in [0, 0.05) is 5.56 Å². The molecule has 102 valence electrons. The van der Waals surface area contributed by atoms with Gasteiger partial charge in [0.2, 0.25) is 12.3 Å². The van der Waals surface area contributed by atoms with Crippen LogP contribution in [0.2, 0.25) is 0 Å². The van der Waals surface area contributed by atoms with Crippen LogP contribution in [0.5, 0.6) is 0 Å². The molecule has 0 bridgehead atoms. The number of aryl methyl sites for hydroxylation is 1. The van der Waals surface area contributed by atoms with E-state index < -0.39 is 10.3 Å². The molecule has 1 heterocycles. The standard InChI is InChI=1S/C11H13N3O4S/c12-19(15,16)18-7-1-2-9-3-5-10(6-4-9)11-14-13-8-17-11/h3-6,8H,1-2,7H2,(H2,12,15,16). The Morgan fingerprint density at radius 2 is 2.00 bits per heavy atom. The second-order valence-electron chi connectivity index (χ2n) is 3.86. The fourth-order valence-corrected chi connectivity index (χ4v) is 1.91. The van der Waals surface area contributed by atoms with Crippen LogP contribution in [0.3, 0.4) is 0 Å². The Morgan fingerprint density at radius 1 is 1.26 bits per heavy atom. The predicted octanol–water partition coefficient (Wildman–Crippen LogP) is 0.889. The Bertz CT molecular complexity index is 608. The van der Waals surface area contributed by atoms with Gasteiger partial charge in [0.15, 0.2) is 0 Å². The zero-order chi connectivity index (χ0) is 13.7. The minimum atomic E-state index is -3.84. The first-order chi connectivity index (χ1) is 9.04. The van der Waals surface area contributed by atoms with Gasteiger partial charge >= 0.3 is 10.3 Å². The SMILES string of the molecule is NS(=O)(=O)OCCCc1ccc(-c2nnco2)cc1. The zero-order valence-electron chi connectivity index (χ0n) is 10.0. The van der Waals surface area contributed by atoms with Gasteiger partial charge in [-0.15, -0.1) is 10.2 Å². The topological polar surface area (TPSA) is 108 Å². The summed E-state index contributed by atoms with van der Waals surface area (Å²) in [6.07, 6.45) is 2.53. The Balaban J connectivity index is 1.86. The van der Waals surface area contributed by atoms with E-state index in [-0.39, 0.29) is 6.61 Å². The predicted molar refractivity (Wildman–Crippen MR) is 67.1 cm³/mol. The summed E-state index contributed by atoms with van der Waals surface area (Å²) in [5.41, 5.74) is 1.89. The third kappa shape index (κ3) is 4.43. The molecule has 0 atom stereocenters. The summed E-state index contributed by atoms with van der Waals surface area (Å²) in [5, 5.41) is 12.1. The number of aromatic nitrogens is 2. The fourth-order valence-electron chi connectivity index (χ4n) is 1.56. The van der Waals surface area contributed by atoms with Gasteiger partial charge in [-0.25, -0.2) is 5.14 Å². The molecule has 0 radical (unpaired) electrons. The largest absolute Gasteiger partial charge is 0.423 e. The van der Waals surface area contributed by atoms with Gasteiger partial charge in [0.05, 0.1) is 6.61 Å². The lowest BCUT2D eigenvalue weighted by atomic mass is 10.1. The molecule has 8 heteroatoms. The van der Waals surface area contributed by atoms with Crippen LogP contribution in [0.4, 0.5) is 0 Å². The first kappa shape index (κ1) is 13.7. The van der Waals surface area contributed by atoms with Crippen LogP contribution >= 0.6 is 0 Å². The highest BCUT2D eigenvalue weighted by atomic mass is 32.2. The molecule has 0 unspecified atom stereocenters. The molecule has 19 heavy (non-hydrogen) atoms. The average molecular weight is 283 g/mol. The van der Waals surface area contributed by atoms with Crippen LogP contribution in [0.15, 0.2) is 35.1 Å². The summed E-state index contributed by atoms with van der Waals surface area (Å²) in [7, 11) is -3.84. The van der Waals surface area contributed by atoms with Crippen molar-refractivity contribution >= 4 is 10.3 Å². The molecule has 0 spiro atoms. The Morgan fingerprint density at radius 3 is 2.58 bits per heavy atom. The van der Waals surface area contributed by atoms with Gasteiger partial charge < -0.3 is 4.42 Å². The number of benzene rings is 1. The third-order valence-corrected chi connectivity index (χ3v) is 2.91. The van der Waals surface area contributed by atoms with Crippen LogP contribution in [-0.4, -0.2) is 25.2 Å². The molecule has 2 N–H and O–H groups in total. The van der Waals surface area contributed by atoms with E-state index in [1.807, 2.05) is 24.3 Å². The van der Waals surface area contributed by atoms with Crippen LogP contribution in [0.25, 0.3) is 11.5 Å². The van der Waals surface area contributed by atoms with E-state index >= 15 is 0 Å². The summed E-state index contributed by atoms with van der Waals surface area (Å²) < 4.78 is 30.6. The van der Waals surface area contributed by atoms with Crippen LogP contribution in [0, 0.1) is 0 Å². The van der Waals surface area contributed by atoms with Crippen molar-refractivity contribution in [2.45, 2.75) is 12.8 Å². The van der Waals surface area contributed by atoms with Crippen molar-refractivity contribution in [3.05, 3.63) is 36.2 Å². The fraction of sp³-hybridized carbons (Fsp3) is 0.273. The van der Waals surface area contributed by atoms with E-state index in [1.165, 1.54) is 6.39 Å². The highest BCUT2D eigenvalue weighted by Gasteiger charge is 2.04. The summed E-state index contributed by atoms with van der Waals surface area (Å²) in [6, 6.07) is 7.56. The number of hydrogen-bond donors (Lipinski definition) is 1. The van der Waals surface area contributed by atoms with Crippen molar-refractivity contribution in [2.24, 2.45) is 5.14 Å².